The van der Waals surface area contributed by atoms with Gasteiger partial charge in [0.1, 0.15) is 5.78 Å². The number of nitrogen functional groups attached to an aromatic ring is 1. The maximum absolute atomic E-state index is 12.7. The smallest absolute Gasteiger partial charge is 0.137 e. The van der Waals surface area contributed by atoms with Gasteiger partial charge >= 0.3 is 0 Å². The topological polar surface area (TPSA) is 68.0 Å². The van der Waals surface area contributed by atoms with Gasteiger partial charge in [-0.1, -0.05) is 61.0 Å². The zero-order valence-electron chi connectivity index (χ0n) is 20.9. The Balaban J connectivity index is 1.12. The number of rotatable bonds is 10. The number of ketones is 1. The molecule has 1 aliphatic rings. The molecule has 0 unspecified atom stereocenters. The van der Waals surface area contributed by atoms with Gasteiger partial charge in [0.15, 0.2) is 0 Å². The van der Waals surface area contributed by atoms with Crippen LogP contribution in [0.15, 0.2) is 72.8 Å². The molecule has 4 heteroatoms. The van der Waals surface area contributed by atoms with Crippen molar-refractivity contribution in [2.75, 3.05) is 17.6 Å². The Morgan fingerprint density at radius 1 is 0.861 bits per heavy atom. The first kappa shape index (κ1) is 24.1. The van der Waals surface area contributed by atoms with Gasteiger partial charge in [-0.15, -0.1) is 0 Å². The van der Waals surface area contributed by atoms with Crippen molar-refractivity contribution in [3.8, 4) is 11.1 Å². The largest absolute Gasteiger partial charge is 0.398 e. The summed E-state index contributed by atoms with van der Waals surface area (Å²) in [7, 11) is 0. The number of nitrogens with zero attached hydrogens (tertiary/aromatic N) is 1. The molecule has 4 nitrogen and oxygen atoms in total. The molecule has 1 aliphatic carbocycles. The van der Waals surface area contributed by atoms with Crippen LogP contribution in [0.1, 0.15) is 55.3 Å². The average Bonchev–Trinajstić information content (AvgIpc) is 2.91. The Morgan fingerprint density at radius 3 is 2.56 bits per heavy atom. The van der Waals surface area contributed by atoms with Crippen LogP contribution >= 0.6 is 0 Å². The molecular weight excluding hydrogens is 442 g/mol. The van der Waals surface area contributed by atoms with Gasteiger partial charge < -0.3 is 11.1 Å². The van der Waals surface area contributed by atoms with E-state index in [1.54, 1.807) is 0 Å². The fourth-order valence-electron chi connectivity index (χ4n) is 5.28. The predicted molar refractivity (Wildman–Crippen MR) is 150 cm³/mol. The van der Waals surface area contributed by atoms with E-state index in [2.05, 4.69) is 47.8 Å². The summed E-state index contributed by atoms with van der Waals surface area (Å²) < 4.78 is 0. The molecule has 0 spiro atoms. The average molecular weight is 478 g/mol. The highest BCUT2D eigenvalue weighted by molar-refractivity contribution is 5.93. The molecule has 0 atom stereocenters. The molecule has 1 aromatic heterocycles. The minimum atomic E-state index is 0.258. The quantitative estimate of drug-likeness (QED) is 0.188. The number of carbonyl (C=O) groups is 1. The molecule has 5 rings (SSSR count). The number of benzene rings is 3. The monoisotopic (exact) mass is 477 g/mol. The van der Waals surface area contributed by atoms with Gasteiger partial charge in [-0.2, -0.15) is 0 Å². The van der Waals surface area contributed by atoms with Crippen molar-refractivity contribution in [2.24, 2.45) is 0 Å². The molecule has 0 radical (unpaired) electrons. The second-order valence-corrected chi connectivity index (χ2v) is 9.87. The number of aromatic nitrogens is 1. The first-order chi connectivity index (χ1) is 17.7. The Morgan fingerprint density at radius 2 is 1.67 bits per heavy atom. The van der Waals surface area contributed by atoms with Crippen LogP contribution in [0.25, 0.3) is 22.0 Å². The number of unbranched alkanes of at least 4 members (excludes halogenated alkanes) is 2. The fraction of sp³-hybridized carbons (Fsp3) is 0.312. The molecular formula is C32H35N3O. The zero-order chi connectivity index (χ0) is 24.7. The highest BCUT2D eigenvalue weighted by atomic mass is 16.1. The first-order valence-electron chi connectivity index (χ1n) is 13.3. The molecule has 0 saturated heterocycles. The van der Waals surface area contributed by atoms with Crippen LogP contribution < -0.4 is 11.1 Å². The number of nitrogens with two attached hydrogens (primary N) is 1. The molecule has 0 aliphatic heterocycles. The van der Waals surface area contributed by atoms with Gasteiger partial charge in [0.2, 0.25) is 0 Å². The van der Waals surface area contributed by atoms with Crippen LogP contribution in [0.2, 0.25) is 0 Å². The third-order valence-electron chi connectivity index (χ3n) is 7.24. The van der Waals surface area contributed by atoms with E-state index < -0.39 is 0 Å². The minimum Gasteiger partial charge on any atom is -0.398 e. The van der Waals surface area contributed by atoms with Crippen molar-refractivity contribution in [3.63, 3.8) is 0 Å². The number of para-hydroxylation sites is 1. The van der Waals surface area contributed by atoms with Crippen molar-refractivity contribution < 1.29 is 4.79 Å². The molecule has 3 N–H and O–H groups in total. The number of hydrogen-bond donors (Lipinski definition) is 2. The maximum atomic E-state index is 12.7. The normalized spacial score (nSPS) is 12.9. The summed E-state index contributed by atoms with van der Waals surface area (Å²) in [6.07, 6.45) is 8.65. The number of aryl methyl sites for hydroxylation is 1. The van der Waals surface area contributed by atoms with E-state index in [-0.39, 0.29) is 5.78 Å². The van der Waals surface area contributed by atoms with E-state index in [4.69, 9.17) is 10.7 Å². The van der Waals surface area contributed by atoms with Gasteiger partial charge in [-0.05, 0) is 79.0 Å². The Labute approximate surface area is 214 Å². The SMILES string of the molecule is Nc1ccc(-c2ccccc2)cc1CC(=O)CCCCCNc1c2c(nc3ccccc13)CCCC2. The first-order valence-corrected chi connectivity index (χ1v) is 13.3. The predicted octanol–water partition coefficient (Wildman–Crippen LogP) is 7.15. The number of Topliss-reactive ketones (excluding diaryl/α,β-unsaturated/α-hetero) is 1. The van der Waals surface area contributed by atoms with Crippen molar-refractivity contribution in [3.05, 3.63) is 89.6 Å². The molecule has 0 bridgehead atoms. The molecule has 0 amide bonds. The summed E-state index contributed by atoms with van der Waals surface area (Å²) in [6.45, 7) is 0.917. The van der Waals surface area contributed by atoms with Gasteiger partial charge in [-0.3, -0.25) is 9.78 Å². The van der Waals surface area contributed by atoms with Crippen LogP contribution in [0, 0.1) is 0 Å². The third-order valence-corrected chi connectivity index (χ3v) is 7.24. The molecule has 4 aromatic rings. The van der Waals surface area contributed by atoms with Crippen molar-refractivity contribution in [1.29, 1.82) is 0 Å². The van der Waals surface area contributed by atoms with Gasteiger partial charge in [-0.25, -0.2) is 0 Å². The van der Waals surface area contributed by atoms with Crippen LogP contribution in [-0.2, 0) is 24.1 Å². The number of anilines is 2. The van der Waals surface area contributed by atoms with E-state index >= 15 is 0 Å². The van der Waals surface area contributed by atoms with E-state index in [1.165, 1.54) is 35.2 Å². The number of pyridine rings is 1. The summed E-state index contributed by atoms with van der Waals surface area (Å²) in [6, 6.07) is 24.7. The molecule has 184 valence electrons. The molecule has 3 aromatic carbocycles. The van der Waals surface area contributed by atoms with Crippen molar-refractivity contribution in [1.82, 2.24) is 4.98 Å². The molecule has 0 saturated carbocycles. The van der Waals surface area contributed by atoms with Crippen LogP contribution in [0.3, 0.4) is 0 Å². The zero-order valence-corrected chi connectivity index (χ0v) is 20.9. The van der Waals surface area contributed by atoms with E-state index in [0.29, 0.717) is 18.5 Å². The summed E-state index contributed by atoms with van der Waals surface area (Å²) in [5.41, 5.74) is 15.1. The van der Waals surface area contributed by atoms with Crippen LogP contribution in [0.5, 0.6) is 0 Å². The number of fused-ring (bicyclic) bond motifs is 2. The lowest BCUT2D eigenvalue weighted by Crippen LogP contribution is -2.12. The number of hydrogen-bond acceptors (Lipinski definition) is 4. The lowest BCUT2D eigenvalue weighted by molar-refractivity contribution is -0.118. The molecule has 1 heterocycles. The van der Waals surface area contributed by atoms with Crippen LogP contribution in [-0.4, -0.2) is 17.3 Å². The highest BCUT2D eigenvalue weighted by Crippen LogP contribution is 2.33. The maximum Gasteiger partial charge on any atom is 0.137 e. The third kappa shape index (κ3) is 5.59. The summed E-state index contributed by atoms with van der Waals surface area (Å²) >= 11 is 0. The van der Waals surface area contributed by atoms with E-state index in [1.807, 2.05) is 30.3 Å². The summed E-state index contributed by atoms with van der Waals surface area (Å²) in [4.78, 5) is 17.6. The molecule has 0 fully saturated rings. The minimum absolute atomic E-state index is 0.258. The Hall–Kier alpha value is -3.66. The Kier molecular flexibility index (Phi) is 7.61. The standard InChI is InChI=1S/C32H35N3O/c33-29-19-18-24(23-11-3-1-4-12-23)21-25(29)22-26(36)13-5-2-10-20-34-32-27-14-6-8-16-30(27)35-31-17-9-7-15-28(31)32/h1,3-4,6,8,11-12,14,16,18-19,21H,2,5,7,9-10,13,15,17,20,22,33H2,(H,34,35). The van der Waals surface area contributed by atoms with Crippen molar-refractivity contribution in [2.45, 2.75) is 57.8 Å². The lowest BCUT2D eigenvalue weighted by Gasteiger charge is -2.21. The second kappa shape index (κ2) is 11.4. The van der Waals surface area contributed by atoms with E-state index in [9.17, 15) is 4.79 Å². The summed E-state index contributed by atoms with van der Waals surface area (Å²) in [5, 5.41) is 4.96. The van der Waals surface area contributed by atoms with Crippen LogP contribution in [0.4, 0.5) is 11.4 Å². The van der Waals surface area contributed by atoms with Gasteiger partial charge in [0, 0.05) is 41.8 Å². The Bertz CT molecular complexity index is 1350. The van der Waals surface area contributed by atoms with Gasteiger partial charge in [0.25, 0.3) is 0 Å². The van der Waals surface area contributed by atoms with E-state index in [0.717, 1.165) is 60.9 Å². The fourth-order valence-corrected chi connectivity index (χ4v) is 5.28. The van der Waals surface area contributed by atoms with Crippen molar-refractivity contribution >= 4 is 28.1 Å². The number of carbonyl (C=O) groups excluding carboxylic acids is 1. The summed E-state index contributed by atoms with van der Waals surface area (Å²) in [5.74, 6) is 0.258. The van der Waals surface area contributed by atoms with Gasteiger partial charge in [0.05, 0.1) is 5.52 Å². The highest BCUT2D eigenvalue weighted by Gasteiger charge is 2.17. The second-order valence-electron chi connectivity index (χ2n) is 9.87. The lowest BCUT2D eigenvalue weighted by atomic mass is 9.92. The number of nitrogens with one attached hydrogen (secondary N) is 1. The molecule has 36 heavy (non-hydrogen) atoms.